The Balaban J connectivity index is 3.01. The fraction of sp³-hybridized carbons (Fsp3) is 0. The lowest BCUT2D eigenvalue weighted by molar-refractivity contribution is 0.483. The molecule has 1 aromatic rings. The fourth-order valence-corrected chi connectivity index (χ4v) is 1.52. The van der Waals surface area contributed by atoms with E-state index in [4.69, 9.17) is 15.1 Å². The molecule has 1 rings (SSSR count). The van der Waals surface area contributed by atoms with Gasteiger partial charge in [-0.2, -0.15) is 18.9 Å². The molecule has 0 aliphatic heterocycles. The summed E-state index contributed by atoms with van der Waals surface area (Å²) in [5.41, 5.74) is 0.186. The molecule has 1 aromatic carbocycles. The van der Waals surface area contributed by atoms with Crippen LogP contribution in [0.25, 0.3) is 0 Å². The van der Waals surface area contributed by atoms with Crippen LogP contribution in [-0.4, -0.2) is 13.0 Å². The molecule has 0 amide bonds. The van der Waals surface area contributed by atoms with Gasteiger partial charge in [-0.3, -0.25) is 4.55 Å². The molecule has 2 N–H and O–H groups in total. The van der Waals surface area contributed by atoms with E-state index in [1.807, 2.05) is 0 Å². The van der Waals surface area contributed by atoms with E-state index in [-0.39, 0.29) is 10.5 Å². The first-order valence-electron chi connectivity index (χ1n) is 4.32. The van der Waals surface area contributed by atoms with Crippen molar-refractivity contribution in [3.05, 3.63) is 36.0 Å². The molecule has 0 spiro atoms. The molecule has 0 heterocycles. The fourth-order valence-electron chi connectivity index (χ4n) is 0.991. The Hall–Kier alpha value is -2.35. The van der Waals surface area contributed by atoms with E-state index in [1.165, 1.54) is 24.3 Å². The maximum absolute atomic E-state index is 10.8. The third-order valence-electron chi connectivity index (χ3n) is 1.76. The second-order valence-corrected chi connectivity index (χ2v) is 4.35. The molecule has 0 radical (unpaired) electrons. The van der Waals surface area contributed by atoms with Crippen molar-refractivity contribution < 1.29 is 13.0 Å². The number of rotatable bonds is 3. The van der Waals surface area contributed by atoms with E-state index in [9.17, 15) is 8.42 Å². The van der Waals surface area contributed by atoms with Crippen molar-refractivity contribution in [3.63, 3.8) is 0 Å². The van der Waals surface area contributed by atoms with Crippen molar-refractivity contribution in [2.45, 2.75) is 4.90 Å². The van der Waals surface area contributed by atoms with Gasteiger partial charge in [0.05, 0.1) is 4.90 Å². The topological polar surface area (TPSA) is 114 Å². The molecule has 0 saturated heterocycles. The van der Waals surface area contributed by atoms with Gasteiger partial charge in [0.1, 0.15) is 17.7 Å². The van der Waals surface area contributed by atoms with Crippen LogP contribution in [0.2, 0.25) is 0 Å². The smallest absolute Gasteiger partial charge is 0.294 e. The van der Waals surface area contributed by atoms with E-state index in [1.54, 1.807) is 12.1 Å². The predicted octanol–water partition coefficient (Wildman–Crippen LogP) is 1.28. The van der Waals surface area contributed by atoms with Gasteiger partial charge in [0.2, 0.25) is 0 Å². The van der Waals surface area contributed by atoms with Crippen molar-refractivity contribution in [1.82, 2.24) is 0 Å². The molecule has 0 atom stereocenters. The van der Waals surface area contributed by atoms with Gasteiger partial charge in [0.15, 0.2) is 0 Å². The number of nitrogens with zero attached hydrogens (tertiary/aromatic N) is 2. The minimum absolute atomic E-state index is 0.151. The van der Waals surface area contributed by atoms with Crippen LogP contribution in [0.15, 0.2) is 40.9 Å². The number of nitriles is 2. The highest BCUT2D eigenvalue weighted by Gasteiger charge is 2.08. The second-order valence-electron chi connectivity index (χ2n) is 2.93. The number of nitrogens with one attached hydrogen (secondary N) is 1. The molecule has 0 aromatic heterocycles. The van der Waals surface area contributed by atoms with E-state index in [0.717, 1.165) is 6.20 Å². The second kappa shape index (κ2) is 5.12. The first-order valence-corrected chi connectivity index (χ1v) is 5.76. The third kappa shape index (κ3) is 3.61. The quantitative estimate of drug-likeness (QED) is 0.616. The Morgan fingerprint density at radius 2 is 2.00 bits per heavy atom. The van der Waals surface area contributed by atoms with Gasteiger partial charge in [-0.05, 0) is 18.2 Å². The Bertz CT molecular complexity index is 619. The Morgan fingerprint density at radius 3 is 2.53 bits per heavy atom. The van der Waals surface area contributed by atoms with Crippen LogP contribution in [-0.2, 0) is 10.1 Å². The van der Waals surface area contributed by atoms with Gasteiger partial charge >= 0.3 is 0 Å². The maximum Gasteiger partial charge on any atom is 0.294 e. The highest BCUT2D eigenvalue weighted by atomic mass is 32.2. The lowest BCUT2D eigenvalue weighted by atomic mass is 10.3. The number of anilines is 1. The summed E-state index contributed by atoms with van der Waals surface area (Å²) < 4.78 is 30.5. The van der Waals surface area contributed by atoms with Crippen molar-refractivity contribution in [2.24, 2.45) is 0 Å². The van der Waals surface area contributed by atoms with E-state index >= 15 is 0 Å². The van der Waals surface area contributed by atoms with Gasteiger partial charge in [-0.1, -0.05) is 6.07 Å². The highest BCUT2D eigenvalue weighted by Crippen LogP contribution is 2.15. The number of hydrogen-bond acceptors (Lipinski definition) is 5. The Labute approximate surface area is 98.2 Å². The van der Waals surface area contributed by atoms with Crippen LogP contribution in [0.4, 0.5) is 5.69 Å². The van der Waals surface area contributed by atoms with Crippen LogP contribution in [0.3, 0.4) is 0 Å². The van der Waals surface area contributed by atoms with Gasteiger partial charge in [-0.15, -0.1) is 0 Å². The van der Waals surface area contributed by atoms with E-state index < -0.39 is 10.1 Å². The van der Waals surface area contributed by atoms with Crippen LogP contribution in [0, 0.1) is 22.7 Å². The number of hydrogen-bond donors (Lipinski definition) is 2. The number of benzene rings is 1. The molecule has 17 heavy (non-hydrogen) atoms. The molecule has 0 aliphatic carbocycles. The first-order chi connectivity index (χ1) is 7.97. The van der Waals surface area contributed by atoms with Gasteiger partial charge in [0.25, 0.3) is 10.1 Å². The molecular formula is C10H7N3O3S. The van der Waals surface area contributed by atoms with E-state index in [2.05, 4.69) is 5.32 Å². The minimum atomic E-state index is -4.27. The summed E-state index contributed by atoms with van der Waals surface area (Å²) in [5, 5.41) is 19.5. The highest BCUT2D eigenvalue weighted by molar-refractivity contribution is 7.85. The zero-order chi connectivity index (χ0) is 12.9. The van der Waals surface area contributed by atoms with Gasteiger partial charge < -0.3 is 5.32 Å². The Kier molecular flexibility index (Phi) is 3.83. The van der Waals surface area contributed by atoms with Crippen molar-refractivity contribution in [1.29, 1.82) is 10.5 Å². The van der Waals surface area contributed by atoms with Gasteiger partial charge in [0, 0.05) is 11.9 Å². The molecule has 7 heteroatoms. The summed E-state index contributed by atoms with van der Waals surface area (Å²) in [4.78, 5) is -0.272. The van der Waals surface area contributed by atoms with Crippen molar-refractivity contribution >= 4 is 15.8 Å². The zero-order valence-electron chi connectivity index (χ0n) is 8.45. The summed E-state index contributed by atoms with van der Waals surface area (Å²) in [6.07, 6.45) is 1.14. The molecule has 0 saturated carbocycles. The van der Waals surface area contributed by atoms with Crippen molar-refractivity contribution in [2.75, 3.05) is 5.32 Å². The molecule has 86 valence electrons. The van der Waals surface area contributed by atoms with E-state index in [0.29, 0.717) is 5.69 Å². The molecule has 0 aliphatic rings. The SMILES string of the molecule is N#CC(C#N)=CNc1cccc(S(=O)(=O)O)c1. The number of allylic oxidation sites excluding steroid dienone is 1. The third-order valence-corrected chi connectivity index (χ3v) is 2.61. The van der Waals surface area contributed by atoms with Gasteiger partial charge in [-0.25, -0.2) is 0 Å². The van der Waals surface area contributed by atoms with Crippen LogP contribution >= 0.6 is 0 Å². The molecule has 6 nitrogen and oxygen atoms in total. The summed E-state index contributed by atoms with van der Waals surface area (Å²) in [5.74, 6) is 0. The standard InChI is InChI=1S/C10H7N3O3S/c11-5-8(6-12)7-13-9-2-1-3-10(4-9)17(14,15)16/h1-4,7,13H,(H,14,15,16). The lowest BCUT2D eigenvalue weighted by Gasteiger charge is -2.02. The molecule has 0 unspecified atom stereocenters. The molecular weight excluding hydrogens is 242 g/mol. The van der Waals surface area contributed by atoms with Crippen LogP contribution in [0.1, 0.15) is 0 Å². The van der Waals surface area contributed by atoms with Crippen molar-refractivity contribution in [3.8, 4) is 12.1 Å². The molecule has 0 bridgehead atoms. The minimum Gasteiger partial charge on any atom is -0.360 e. The summed E-state index contributed by atoms with van der Waals surface area (Å²) >= 11 is 0. The van der Waals surface area contributed by atoms with Crippen LogP contribution < -0.4 is 5.32 Å². The zero-order valence-corrected chi connectivity index (χ0v) is 9.27. The maximum atomic E-state index is 10.8. The summed E-state index contributed by atoms with van der Waals surface area (Å²) in [6, 6.07) is 8.61. The first kappa shape index (κ1) is 12.7. The molecule has 0 fully saturated rings. The largest absolute Gasteiger partial charge is 0.360 e. The monoisotopic (exact) mass is 249 g/mol. The summed E-state index contributed by atoms with van der Waals surface area (Å²) in [6.45, 7) is 0. The summed E-state index contributed by atoms with van der Waals surface area (Å²) in [7, 11) is -4.27. The normalized spacial score (nSPS) is 9.82. The van der Waals surface area contributed by atoms with Crippen LogP contribution in [0.5, 0.6) is 0 Å². The average Bonchev–Trinajstić information content (AvgIpc) is 2.30. The predicted molar refractivity (Wildman–Crippen MR) is 59.2 cm³/mol. The lowest BCUT2D eigenvalue weighted by Crippen LogP contribution is -1.99. The Morgan fingerprint density at radius 1 is 1.35 bits per heavy atom. The average molecular weight is 249 g/mol.